The van der Waals surface area contributed by atoms with Crippen LogP contribution in [-0.4, -0.2) is 57.3 Å². The van der Waals surface area contributed by atoms with Crippen molar-refractivity contribution in [2.75, 3.05) is 6.61 Å². The molecule has 1 aliphatic heterocycles. The Kier molecular flexibility index (Phi) is 6.49. The Morgan fingerprint density at radius 3 is 2.38 bits per heavy atom. The lowest BCUT2D eigenvalue weighted by molar-refractivity contribution is -0.353. The van der Waals surface area contributed by atoms with Gasteiger partial charge in [-0.1, -0.05) is 52.3 Å². The van der Waals surface area contributed by atoms with Crippen LogP contribution in [0.3, 0.4) is 0 Å². The van der Waals surface area contributed by atoms with Crippen LogP contribution < -0.4 is 0 Å². The summed E-state index contributed by atoms with van der Waals surface area (Å²) in [4.78, 5) is 25.4. The van der Waals surface area contributed by atoms with E-state index in [0.717, 1.165) is 19.3 Å². The third-order valence-electron chi connectivity index (χ3n) is 12.2. The van der Waals surface area contributed by atoms with Crippen LogP contribution >= 0.6 is 0 Å². The lowest BCUT2D eigenvalue weighted by Gasteiger charge is -2.66. The van der Waals surface area contributed by atoms with Crippen molar-refractivity contribution in [3.63, 3.8) is 0 Å². The zero-order chi connectivity index (χ0) is 29.0. The highest BCUT2D eigenvalue weighted by Crippen LogP contribution is 2.72. The predicted octanol–water partition coefficient (Wildman–Crippen LogP) is 4.34. The van der Waals surface area contributed by atoms with Crippen molar-refractivity contribution >= 4 is 11.8 Å². The first-order valence-corrected chi connectivity index (χ1v) is 14.7. The number of carbonyl (C=O) groups is 2. The first-order valence-electron chi connectivity index (χ1n) is 14.7. The van der Waals surface area contributed by atoms with Crippen molar-refractivity contribution in [2.24, 2.45) is 45.3 Å². The molecular formula is C32H48O7. The second-order valence-electron chi connectivity index (χ2n) is 15.0. The third kappa shape index (κ3) is 3.82. The summed E-state index contributed by atoms with van der Waals surface area (Å²) in [5.41, 5.74) is -1.61. The SMILES string of the molecule is CC(=O)O[C@@H]1C[C@H]2C(C)(C)C(=O)C=C[C@]2(C)[C@H]2CC[C@]3(C)C(=CC[C@H]3[C@H]3CO[C@](O)(C(C)(C)O)[C@H](O)C3)[C@@]21C. The summed E-state index contributed by atoms with van der Waals surface area (Å²) in [6.07, 6.45) is 8.42. The molecule has 0 bridgehead atoms. The summed E-state index contributed by atoms with van der Waals surface area (Å²) in [6, 6.07) is 0. The number of allylic oxidation sites excluding steroid dienone is 3. The van der Waals surface area contributed by atoms with Crippen LogP contribution in [0.15, 0.2) is 23.8 Å². The smallest absolute Gasteiger partial charge is 0.302 e. The number of ether oxygens (including phenoxy) is 2. The lowest BCUT2D eigenvalue weighted by atomic mass is 9.38. The molecule has 3 fully saturated rings. The van der Waals surface area contributed by atoms with E-state index in [1.54, 1.807) is 6.08 Å². The van der Waals surface area contributed by atoms with E-state index >= 15 is 0 Å². The van der Waals surface area contributed by atoms with Gasteiger partial charge in [0.05, 0.1) is 6.61 Å². The number of fused-ring (bicyclic) bond motifs is 5. The van der Waals surface area contributed by atoms with Crippen LogP contribution in [0.4, 0.5) is 0 Å². The molecule has 4 aliphatic carbocycles. The molecule has 7 nitrogen and oxygen atoms in total. The van der Waals surface area contributed by atoms with Crippen molar-refractivity contribution < 1.29 is 34.4 Å². The lowest BCUT2D eigenvalue weighted by Crippen LogP contribution is -2.65. The largest absolute Gasteiger partial charge is 0.462 e. The molecule has 0 aromatic heterocycles. The van der Waals surface area contributed by atoms with E-state index in [4.69, 9.17) is 9.47 Å². The third-order valence-corrected chi connectivity index (χ3v) is 12.2. The topological polar surface area (TPSA) is 113 Å². The number of aliphatic hydroxyl groups is 3. The van der Waals surface area contributed by atoms with Crippen molar-refractivity contribution in [3.05, 3.63) is 23.8 Å². The number of carbonyl (C=O) groups excluding carboxylic acids is 2. The maximum absolute atomic E-state index is 13.0. The van der Waals surface area contributed by atoms with Gasteiger partial charge in [0.1, 0.15) is 17.8 Å². The van der Waals surface area contributed by atoms with Gasteiger partial charge in [-0.2, -0.15) is 0 Å². The quantitative estimate of drug-likeness (QED) is 0.358. The van der Waals surface area contributed by atoms with Crippen LogP contribution in [0.25, 0.3) is 0 Å². The van der Waals surface area contributed by atoms with E-state index in [1.807, 2.05) is 13.8 Å². The van der Waals surface area contributed by atoms with Crippen LogP contribution in [-0.2, 0) is 19.1 Å². The minimum atomic E-state index is -2.01. The molecule has 0 aromatic carbocycles. The van der Waals surface area contributed by atoms with E-state index in [9.17, 15) is 24.9 Å². The van der Waals surface area contributed by atoms with Gasteiger partial charge < -0.3 is 24.8 Å². The molecule has 0 unspecified atom stereocenters. The molecule has 7 heteroatoms. The van der Waals surface area contributed by atoms with Gasteiger partial charge >= 0.3 is 5.97 Å². The van der Waals surface area contributed by atoms with E-state index in [-0.39, 0.29) is 59.0 Å². The molecule has 0 spiro atoms. The highest BCUT2D eigenvalue weighted by atomic mass is 16.7. The Morgan fingerprint density at radius 2 is 1.79 bits per heavy atom. The van der Waals surface area contributed by atoms with Crippen LogP contribution in [0.2, 0.25) is 0 Å². The van der Waals surface area contributed by atoms with Crippen molar-refractivity contribution in [1.29, 1.82) is 0 Å². The summed E-state index contributed by atoms with van der Waals surface area (Å²) in [6.45, 7) is 15.6. The Morgan fingerprint density at radius 1 is 1.13 bits per heavy atom. The Labute approximate surface area is 233 Å². The van der Waals surface area contributed by atoms with Gasteiger partial charge in [-0.25, -0.2) is 0 Å². The second kappa shape index (κ2) is 8.73. The van der Waals surface area contributed by atoms with Crippen LogP contribution in [0.5, 0.6) is 0 Å². The number of hydrogen-bond donors (Lipinski definition) is 3. The van der Waals surface area contributed by atoms with E-state index in [2.05, 4.69) is 32.9 Å². The number of hydrogen-bond acceptors (Lipinski definition) is 7. The summed E-state index contributed by atoms with van der Waals surface area (Å²) >= 11 is 0. The van der Waals surface area contributed by atoms with E-state index in [0.29, 0.717) is 12.8 Å². The molecule has 218 valence electrons. The first kappa shape index (κ1) is 29.0. The summed E-state index contributed by atoms with van der Waals surface area (Å²) in [5.74, 6) is -1.71. The maximum atomic E-state index is 13.0. The van der Waals surface area contributed by atoms with Gasteiger partial charge in [-0.3, -0.25) is 9.59 Å². The van der Waals surface area contributed by atoms with Gasteiger partial charge in [-0.05, 0) is 86.5 Å². The fourth-order valence-electron chi connectivity index (χ4n) is 10.1. The maximum Gasteiger partial charge on any atom is 0.302 e. The Bertz CT molecular complexity index is 1120. The van der Waals surface area contributed by atoms with Crippen molar-refractivity contribution in [2.45, 2.75) is 111 Å². The molecule has 3 N–H and O–H groups in total. The standard InChI is InChI=1S/C32H48O7/c1-18(33)39-26-16-23-27(2,3)24(34)12-14-30(23,7)22-11-13-29(6)20(9-10-21(29)31(22,26)8)19-15-25(35)32(37,38-17-19)28(4,5)36/h10,12,14,19-20,22-23,25-26,35-37H,9,11,13,15-17H2,1-8H3/t19-,20+,22-,23+,25-,26-,29+,30-,31+,32+/m1/s1. The molecule has 5 rings (SSSR count). The molecule has 1 heterocycles. The van der Waals surface area contributed by atoms with Gasteiger partial charge in [-0.15, -0.1) is 0 Å². The molecule has 2 saturated carbocycles. The first-order chi connectivity index (χ1) is 17.8. The Hall–Kier alpha value is -1.54. The van der Waals surface area contributed by atoms with Crippen molar-refractivity contribution in [3.8, 4) is 0 Å². The molecule has 5 aliphatic rings. The molecule has 10 atom stereocenters. The monoisotopic (exact) mass is 544 g/mol. The summed E-state index contributed by atoms with van der Waals surface area (Å²) in [5, 5.41) is 32.4. The number of aliphatic hydroxyl groups excluding tert-OH is 1. The molecule has 0 aromatic rings. The average Bonchev–Trinajstić information content (AvgIpc) is 3.17. The number of ketones is 1. The minimum absolute atomic E-state index is 0.00626. The number of rotatable bonds is 3. The van der Waals surface area contributed by atoms with Crippen LogP contribution in [0, 0.1) is 45.3 Å². The predicted molar refractivity (Wildman–Crippen MR) is 146 cm³/mol. The normalized spacial score (nSPS) is 49.0. The molecular weight excluding hydrogens is 496 g/mol. The fourth-order valence-corrected chi connectivity index (χ4v) is 10.1. The summed E-state index contributed by atoms with van der Waals surface area (Å²) in [7, 11) is 0. The molecule has 0 amide bonds. The van der Waals surface area contributed by atoms with Gasteiger partial charge in [0, 0.05) is 17.8 Å². The summed E-state index contributed by atoms with van der Waals surface area (Å²) < 4.78 is 12.0. The van der Waals surface area contributed by atoms with Crippen molar-refractivity contribution in [1.82, 2.24) is 0 Å². The molecule has 39 heavy (non-hydrogen) atoms. The molecule has 0 radical (unpaired) electrons. The molecule has 1 saturated heterocycles. The highest BCUT2D eigenvalue weighted by molar-refractivity contribution is 5.95. The van der Waals surface area contributed by atoms with Crippen LogP contribution in [0.1, 0.15) is 87.5 Å². The zero-order valence-corrected chi connectivity index (χ0v) is 24.9. The number of esters is 1. The zero-order valence-electron chi connectivity index (χ0n) is 24.9. The average molecular weight is 545 g/mol. The van der Waals surface area contributed by atoms with Gasteiger partial charge in [0.2, 0.25) is 5.79 Å². The van der Waals surface area contributed by atoms with E-state index in [1.165, 1.54) is 26.3 Å². The second-order valence-corrected chi connectivity index (χ2v) is 15.0. The van der Waals surface area contributed by atoms with Gasteiger partial charge in [0.15, 0.2) is 5.78 Å². The highest BCUT2D eigenvalue weighted by Gasteiger charge is 2.69. The van der Waals surface area contributed by atoms with Gasteiger partial charge in [0.25, 0.3) is 0 Å². The van der Waals surface area contributed by atoms with E-state index < -0.39 is 28.3 Å². The minimum Gasteiger partial charge on any atom is -0.462 e. The fraction of sp³-hybridized carbons (Fsp3) is 0.812. The Balaban J connectivity index is 1.51.